The highest BCUT2D eigenvalue weighted by molar-refractivity contribution is 9.09. The summed E-state index contributed by atoms with van der Waals surface area (Å²) in [6.07, 6.45) is 2.21. The van der Waals surface area contributed by atoms with Crippen molar-refractivity contribution in [2.45, 2.75) is 31.5 Å². The lowest BCUT2D eigenvalue weighted by Gasteiger charge is -2.19. The molecule has 1 N–H and O–H groups in total. The third kappa shape index (κ3) is 3.46. The number of rotatable bonds is 6. The molecular formula is C16H22BrN3O. The van der Waals surface area contributed by atoms with E-state index in [1.54, 1.807) is 4.68 Å². The van der Waals surface area contributed by atoms with Gasteiger partial charge in [0.1, 0.15) is 0 Å². The van der Waals surface area contributed by atoms with Gasteiger partial charge in [-0.15, -0.1) is 0 Å². The number of amides is 1. The summed E-state index contributed by atoms with van der Waals surface area (Å²) in [5.74, 6) is 0.466. The summed E-state index contributed by atoms with van der Waals surface area (Å²) in [5.41, 5.74) is 1.47. The van der Waals surface area contributed by atoms with Crippen molar-refractivity contribution in [1.29, 1.82) is 0 Å². The van der Waals surface area contributed by atoms with E-state index >= 15 is 0 Å². The van der Waals surface area contributed by atoms with Gasteiger partial charge in [0.15, 0.2) is 5.69 Å². The van der Waals surface area contributed by atoms with Crippen LogP contribution in [0, 0.1) is 5.92 Å². The van der Waals surface area contributed by atoms with Gasteiger partial charge in [0, 0.05) is 23.8 Å². The van der Waals surface area contributed by atoms with Gasteiger partial charge in [0.05, 0.1) is 5.52 Å². The van der Waals surface area contributed by atoms with Crippen molar-refractivity contribution in [2.24, 2.45) is 13.0 Å². The van der Waals surface area contributed by atoms with Crippen molar-refractivity contribution >= 4 is 32.7 Å². The molecule has 0 bridgehead atoms. The van der Waals surface area contributed by atoms with Gasteiger partial charge in [-0.2, -0.15) is 5.10 Å². The second kappa shape index (κ2) is 7.07. The fourth-order valence-corrected chi connectivity index (χ4v) is 3.53. The van der Waals surface area contributed by atoms with E-state index in [4.69, 9.17) is 0 Å². The summed E-state index contributed by atoms with van der Waals surface area (Å²) in [5, 5.41) is 8.23. The summed E-state index contributed by atoms with van der Waals surface area (Å²) in [6.45, 7) is 4.98. The molecule has 0 aliphatic carbocycles. The quantitative estimate of drug-likeness (QED) is 0.809. The lowest BCUT2D eigenvalue weighted by atomic mass is 9.99. The molecule has 0 radical (unpaired) electrons. The van der Waals surface area contributed by atoms with Crippen LogP contribution in [-0.2, 0) is 7.05 Å². The summed E-state index contributed by atoms with van der Waals surface area (Å²) < 4.78 is 1.75. The number of hydrogen-bond acceptors (Lipinski definition) is 2. The minimum atomic E-state index is -0.109. The van der Waals surface area contributed by atoms with E-state index in [1.165, 1.54) is 0 Å². The first kappa shape index (κ1) is 16.0. The maximum absolute atomic E-state index is 12.4. The number of halogens is 1. The van der Waals surface area contributed by atoms with Crippen LogP contribution in [-0.4, -0.2) is 27.1 Å². The van der Waals surface area contributed by atoms with Crippen molar-refractivity contribution in [1.82, 2.24) is 15.1 Å². The van der Waals surface area contributed by atoms with Crippen molar-refractivity contribution in [3.63, 3.8) is 0 Å². The first-order chi connectivity index (χ1) is 10.1. The Labute approximate surface area is 134 Å². The van der Waals surface area contributed by atoms with E-state index in [-0.39, 0.29) is 5.91 Å². The van der Waals surface area contributed by atoms with E-state index in [0.717, 1.165) is 23.7 Å². The zero-order valence-electron chi connectivity index (χ0n) is 12.8. The summed E-state index contributed by atoms with van der Waals surface area (Å²) >= 11 is 3.68. The van der Waals surface area contributed by atoms with Crippen LogP contribution >= 0.6 is 15.9 Å². The van der Waals surface area contributed by atoms with E-state index < -0.39 is 0 Å². The van der Waals surface area contributed by atoms with Crippen LogP contribution in [0.2, 0.25) is 0 Å². The van der Waals surface area contributed by atoms with E-state index in [1.807, 2.05) is 31.3 Å². The van der Waals surface area contributed by atoms with Crippen molar-refractivity contribution in [3.8, 4) is 0 Å². The highest BCUT2D eigenvalue weighted by Crippen LogP contribution is 2.20. The molecule has 114 valence electrons. The number of para-hydroxylation sites is 1. The first-order valence-electron chi connectivity index (χ1n) is 7.42. The van der Waals surface area contributed by atoms with Crippen molar-refractivity contribution in [3.05, 3.63) is 30.0 Å². The van der Waals surface area contributed by atoms with Crippen LogP contribution in [0.5, 0.6) is 0 Å². The predicted octanol–water partition coefficient (Wildman–Crippen LogP) is 3.50. The summed E-state index contributed by atoms with van der Waals surface area (Å²) in [7, 11) is 1.86. The molecule has 5 heteroatoms. The van der Waals surface area contributed by atoms with Crippen LogP contribution in [0.3, 0.4) is 0 Å². The molecule has 0 aliphatic rings. The molecule has 0 aliphatic heterocycles. The lowest BCUT2D eigenvalue weighted by molar-refractivity contribution is 0.0948. The molecular weight excluding hydrogens is 330 g/mol. The SMILES string of the molecule is CCC(CC)C(Br)CNC(=O)c1nn(C)c2ccccc12. The number of fused-ring (bicyclic) bond motifs is 1. The van der Waals surface area contributed by atoms with Crippen LogP contribution < -0.4 is 5.32 Å². The van der Waals surface area contributed by atoms with Crippen LogP contribution in [0.15, 0.2) is 24.3 Å². The number of aryl methyl sites for hydroxylation is 1. The van der Waals surface area contributed by atoms with Gasteiger partial charge >= 0.3 is 0 Å². The normalized spacial score (nSPS) is 12.8. The van der Waals surface area contributed by atoms with Crippen molar-refractivity contribution < 1.29 is 4.79 Å². The number of alkyl halides is 1. The number of benzene rings is 1. The maximum Gasteiger partial charge on any atom is 0.272 e. The predicted molar refractivity (Wildman–Crippen MR) is 89.8 cm³/mol. The van der Waals surface area contributed by atoms with E-state index in [0.29, 0.717) is 23.0 Å². The third-order valence-electron chi connectivity index (χ3n) is 3.99. The third-order valence-corrected chi connectivity index (χ3v) is 5.06. The molecule has 21 heavy (non-hydrogen) atoms. The molecule has 1 heterocycles. The van der Waals surface area contributed by atoms with Crippen LogP contribution in [0.1, 0.15) is 37.2 Å². The van der Waals surface area contributed by atoms with Gasteiger partial charge < -0.3 is 5.32 Å². The average molecular weight is 352 g/mol. The largest absolute Gasteiger partial charge is 0.349 e. The first-order valence-corrected chi connectivity index (χ1v) is 8.34. The zero-order chi connectivity index (χ0) is 15.4. The average Bonchev–Trinajstić information content (AvgIpc) is 2.84. The summed E-state index contributed by atoms with van der Waals surface area (Å²) in [4.78, 5) is 12.7. The van der Waals surface area contributed by atoms with Gasteiger partial charge in [-0.25, -0.2) is 0 Å². The number of carbonyl (C=O) groups is 1. The van der Waals surface area contributed by atoms with Crippen LogP contribution in [0.25, 0.3) is 10.9 Å². The Hall–Kier alpha value is -1.36. The number of carbonyl (C=O) groups excluding carboxylic acids is 1. The Morgan fingerprint density at radius 1 is 1.33 bits per heavy atom. The number of nitrogens with one attached hydrogen (secondary N) is 1. The monoisotopic (exact) mass is 351 g/mol. The molecule has 1 aromatic heterocycles. The van der Waals surface area contributed by atoms with Gasteiger partial charge in [-0.1, -0.05) is 60.8 Å². The highest BCUT2D eigenvalue weighted by atomic mass is 79.9. The maximum atomic E-state index is 12.4. The second-order valence-electron chi connectivity index (χ2n) is 5.29. The molecule has 0 fully saturated rings. The Morgan fingerprint density at radius 2 is 2.00 bits per heavy atom. The molecule has 4 nitrogen and oxygen atoms in total. The molecule has 2 rings (SSSR count). The Morgan fingerprint density at radius 3 is 2.67 bits per heavy atom. The molecule has 2 aromatic rings. The lowest BCUT2D eigenvalue weighted by Crippen LogP contribution is -2.33. The Bertz CT molecular complexity index is 619. The smallest absolute Gasteiger partial charge is 0.272 e. The standard InChI is InChI=1S/C16H22BrN3O/c1-4-11(5-2)13(17)10-18-16(21)15-12-8-6-7-9-14(12)20(3)19-15/h6-9,11,13H,4-5,10H2,1-3H3,(H,18,21). The van der Waals surface area contributed by atoms with Crippen molar-refractivity contribution in [2.75, 3.05) is 6.54 Å². The fraction of sp³-hybridized carbons (Fsp3) is 0.500. The topological polar surface area (TPSA) is 46.9 Å². The molecule has 0 saturated carbocycles. The van der Waals surface area contributed by atoms with Gasteiger partial charge in [0.2, 0.25) is 0 Å². The molecule has 1 aromatic carbocycles. The number of nitrogens with zero attached hydrogens (tertiary/aromatic N) is 2. The Kier molecular flexibility index (Phi) is 5.39. The Balaban J connectivity index is 2.09. The minimum absolute atomic E-state index is 0.109. The molecule has 1 amide bonds. The fourth-order valence-electron chi connectivity index (χ4n) is 2.62. The molecule has 0 spiro atoms. The van der Waals surface area contributed by atoms with E-state index in [2.05, 4.69) is 40.2 Å². The molecule has 0 saturated heterocycles. The number of aromatic nitrogens is 2. The number of hydrogen-bond donors (Lipinski definition) is 1. The zero-order valence-corrected chi connectivity index (χ0v) is 14.4. The van der Waals surface area contributed by atoms with E-state index in [9.17, 15) is 4.79 Å². The van der Waals surface area contributed by atoms with Gasteiger partial charge in [-0.05, 0) is 12.0 Å². The van der Waals surface area contributed by atoms with Gasteiger partial charge in [-0.3, -0.25) is 9.48 Å². The highest BCUT2D eigenvalue weighted by Gasteiger charge is 2.19. The van der Waals surface area contributed by atoms with Gasteiger partial charge in [0.25, 0.3) is 5.91 Å². The summed E-state index contributed by atoms with van der Waals surface area (Å²) in [6, 6.07) is 7.78. The molecule has 1 unspecified atom stereocenters. The second-order valence-corrected chi connectivity index (χ2v) is 6.47. The minimum Gasteiger partial charge on any atom is -0.349 e. The molecule has 1 atom stereocenters. The van der Waals surface area contributed by atoms with Crippen LogP contribution in [0.4, 0.5) is 0 Å².